The average Bonchev–Trinajstić information content (AvgIpc) is 3.05. The lowest BCUT2D eigenvalue weighted by atomic mass is 10.1. The van der Waals surface area contributed by atoms with Crippen molar-refractivity contribution in [3.05, 3.63) is 86.1 Å². The van der Waals surface area contributed by atoms with E-state index in [1.54, 1.807) is 62.6 Å². The van der Waals surface area contributed by atoms with Gasteiger partial charge in [-0.1, -0.05) is 17.7 Å². The summed E-state index contributed by atoms with van der Waals surface area (Å²) in [5.41, 5.74) is 0.509. The number of H-pyrrole nitrogens is 1. The van der Waals surface area contributed by atoms with E-state index in [2.05, 4.69) is 10.1 Å². The Morgan fingerprint density at radius 1 is 0.969 bits per heavy atom. The number of aryl methyl sites for hydroxylation is 1. The number of benzene rings is 2. The van der Waals surface area contributed by atoms with E-state index in [4.69, 9.17) is 4.74 Å². The summed E-state index contributed by atoms with van der Waals surface area (Å²) in [6.45, 7) is 3.51. The molecule has 0 saturated heterocycles. The lowest BCUT2D eigenvalue weighted by molar-refractivity contribution is -0.114. The van der Waals surface area contributed by atoms with Crippen LogP contribution in [0.1, 0.15) is 18.1 Å². The summed E-state index contributed by atoms with van der Waals surface area (Å²) >= 11 is 0. The maximum atomic E-state index is 13.0. The molecular weight excluding hydrogens is 412 g/mol. The van der Waals surface area contributed by atoms with Crippen LogP contribution in [0.3, 0.4) is 0 Å². The van der Waals surface area contributed by atoms with Gasteiger partial charge in [0.25, 0.3) is 11.5 Å². The number of anilines is 1. The van der Waals surface area contributed by atoms with Crippen LogP contribution < -0.4 is 21.0 Å². The van der Waals surface area contributed by atoms with Gasteiger partial charge < -0.3 is 9.84 Å². The van der Waals surface area contributed by atoms with E-state index < -0.39 is 23.0 Å². The number of carbonyl (C=O) groups is 1. The van der Waals surface area contributed by atoms with Crippen molar-refractivity contribution in [2.75, 3.05) is 12.1 Å². The molecule has 0 fully saturated rings. The summed E-state index contributed by atoms with van der Waals surface area (Å²) in [4.78, 5) is 40.0. The normalized spacial score (nSPS) is 14.7. The Morgan fingerprint density at radius 2 is 1.59 bits per heavy atom. The number of amides is 1. The molecule has 0 atom stereocenters. The van der Waals surface area contributed by atoms with Crippen molar-refractivity contribution < 1.29 is 14.6 Å². The first-order valence-corrected chi connectivity index (χ1v) is 9.71. The highest BCUT2D eigenvalue weighted by atomic mass is 16.5. The molecule has 3 aromatic rings. The molecule has 2 heterocycles. The van der Waals surface area contributed by atoms with Gasteiger partial charge in [0.15, 0.2) is 0 Å². The summed E-state index contributed by atoms with van der Waals surface area (Å²) in [5, 5.41) is 16.2. The van der Waals surface area contributed by atoms with Gasteiger partial charge in [0.05, 0.1) is 29.8 Å². The first-order valence-electron chi connectivity index (χ1n) is 9.71. The molecule has 1 amide bonds. The van der Waals surface area contributed by atoms with Crippen LogP contribution in [0.5, 0.6) is 11.6 Å². The summed E-state index contributed by atoms with van der Waals surface area (Å²) in [5.74, 6) is -0.412. The Balaban J connectivity index is 1.78. The molecule has 2 aromatic carbocycles. The van der Waals surface area contributed by atoms with Crippen LogP contribution in [0.25, 0.3) is 11.8 Å². The molecule has 1 aliphatic heterocycles. The van der Waals surface area contributed by atoms with Gasteiger partial charge in [-0.15, -0.1) is 0 Å². The minimum absolute atomic E-state index is 0.121. The molecule has 32 heavy (non-hydrogen) atoms. The Bertz CT molecular complexity index is 1380. The van der Waals surface area contributed by atoms with E-state index in [0.29, 0.717) is 22.8 Å². The number of nitrogens with one attached hydrogen (secondary N) is 1. The molecule has 0 radical (unpaired) electrons. The van der Waals surface area contributed by atoms with Crippen LogP contribution in [-0.4, -0.2) is 33.4 Å². The van der Waals surface area contributed by atoms with Crippen LogP contribution in [0.2, 0.25) is 0 Å². The van der Waals surface area contributed by atoms with Gasteiger partial charge in [-0.3, -0.25) is 14.6 Å². The second-order valence-electron chi connectivity index (χ2n) is 7.23. The van der Waals surface area contributed by atoms with E-state index in [1.165, 1.54) is 11.1 Å². The maximum Gasteiger partial charge on any atom is 0.335 e. The van der Waals surface area contributed by atoms with E-state index in [9.17, 15) is 19.5 Å². The predicted molar refractivity (Wildman–Crippen MR) is 121 cm³/mol. The lowest BCUT2D eigenvalue weighted by Crippen LogP contribution is -2.30. The number of aromatic amines is 1. The largest absolute Gasteiger partial charge is 0.497 e. The van der Waals surface area contributed by atoms with E-state index in [0.717, 1.165) is 10.1 Å². The van der Waals surface area contributed by atoms with Gasteiger partial charge >= 0.3 is 5.69 Å². The number of carbonyl (C=O) groups excluding carboxylic acids is 1. The third-order valence-corrected chi connectivity index (χ3v) is 5.08. The van der Waals surface area contributed by atoms with Crippen molar-refractivity contribution in [1.82, 2.24) is 9.55 Å². The molecule has 162 valence electrons. The van der Waals surface area contributed by atoms with Crippen molar-refractivity contribution in [3.63, 3.8) is 0 Å². The zero-order valence-electron chi connectivity index (χ0n) is 17.6. The number of hydrogen-bond donors (Lipinski definition) is 2. The molecule has 0 bridgehead atoms. The van der Waals surface area contributed by atoms with Crippen molar-refractivity contribution in [2.24, 2.45) is 5.10 Å². The topological polar surface area (TPSA) is 117 Å². The molecule has 0 spiro atoms. The third kappa shape index (κ3) is 3.60. The highest BCUT2D eigenvalue weighted by Crippen LogP contribution is 2.27. The van der Waals surface area contributed by atoms with E-state index in [-0.39, 0.29) is 11.1 Å². The number of methoxy groups -OCH3 is 1. The summed E-state index contributed by atoms with van der Waals surface area (Å²) in [6, 6.07) is 13.6. The Kier molecular flexibility index (Phi) is 5.23. The maximum absolute atomic E-state index is 13.0. The van der Waals surface area contributed by atoms with Crippen LogP contribution >= 0.6 is 0 Å². The van der Waals surface area contributed by atoms with E-state index >= 15 is 0 Å². The van der Waals surface area contributed by atoms with Gasteiger partial charge in [-0.25, -0.2) is 9.36 Å². The van der Waals surface area contributed by atoms with Crippen LogP contribution in [0, 0.1) is 6.92 Å². The van der Waals surface area contributed by atoms with Crippen molar-refractivity contribution >= 4 is 23.4 Å². The number of nitrogens with zero attached hydrogens (tertiary/aromatic N) is 3. The van der Waals surface area contributed by atoms with Gasteiger partial charge in [0.2, 0.25) is 5.88 Å². The standard InChI is InChI=1S/C23H20N4O5/c1-13-4-6-15(7-5-13)26-21(29)19(20(28)24-23(26)31)12-18-14(2)25-27(22(18)30)16-8-10-17(32-3)11-9-16/h4-12,29H,1-3H3,(H,24,28,31)/b18-12-. The number of hydrogen-bond acceptors (Lipinski definition) is 6. The summed E-state index contributed by atoms with van der Waals surface area (Å²) < 4.78 is 6.10. The van der Waals surface area contributed by atoms with Crippen molar-refractivity contribution in [2.45, 2.75) is 13.8 Å². The highest BCUT2D eigenvalue weighted by Gasteiger charge is 2.30. The Labute approximate surface area is 182 Å². The van der Waals surface area contributed by atoms with Crippen LogP contribution in [0.4, 0.5) is 5.69 Å². The average molecular weight is 432 g/mol. The monoisotopic (exact) mass is 432 g/mol. The van der Waals surface area contributed by atoms with Crippen LogP contribution in [0.15, 0.2) is 68.8 Å². The third-order valence-electron chi connectivity index (χ3n) is 5.08. The van der Waals surface area contributed by atoms with Gasteiger partial charge in [-0.05, 0) is 56.3 Å². The number of hydrazone groups is 1. The van der Waals surface area contributed by atoms with Gasteiger partial charge in [0, 0.05) is 0 Å². The fraction of sp³-hybridized carbons (Fsp3) is 0.130. The molecule has 2 N–H and O–H groups in total. The smallest absolute Gasteiger partial charge is 0.335 e. The zero-order valence-corrected chi connectivity index (χ0v) is 17.6. The quantitative estimate of drug-likeness (QED) is 0.614. The number of aromatic hydroxyl groups is 1. The van der Waals surface area contributed by atoms with Crippen molar-refractivity contribution in [3.8, 4) is 17.3 Å². The zero-order chi connectivity index (χ0) is 23.0. The molecule has 0 unspecified atom stereocenters. The number of aromatic nitrogens is 2. The molecule has 0 saturated carbocycles. The highest BCUT2D eigenvalue weighted by molar-refractivity contribution is 6.32. The minimum Gasteiger partial charge on any atom is -0.497 e. The molecule has 9 nitrogen and oxygen atoms in total. The fourth-order valence-corrected chi connectivity index (χ4v) is 3.33. The number of ether oxygens (including phenoxy) is 1. The Morgan fingerprint density at radius 3 is 2.22 bits per heavy atom. The second-order valence-corrected chi connectivity index (χ2v) is 7.23. The number of rotatable bonds is 4. The first kappa shape index (κ1) is 20.9. The molecule has 4 rings (SSSR count). The molecule has 1 aliphatic rings. The van der Waals surface area contributed by atoms with Crippen LogP contribution in [-0.2, 0) is 4.79 Å². The lowest BCUT2D eigenvalue weighted by Gasteiger charge is -2.12. The summed E-state index contributed by atoms with van der Waals surface area (Å²) in [6.07, 6.45) is 1.24. The molecular formula is C23H20N4O5. The summed E-state index contributed by atoms with van der Waals surface area (Å²) in [7, 11) is 1.54. The molecule has 1 aromatic heterocycles. The van der Waals surface area contributed by atoms with Crippen molar-refractivity contribution in [1.29, 1.82) is 0 Å². The van der Waals surface area contributed by atoms with Gasteiger partial charge in [0.1, 0.15) is 11.3 Å². The minimum atomic E-state index is -0.813. The first-order chi connectivity index (χ1) is 15.3. The fourth-order valence-electron chi connectivity index (χ4n) is 3.33. The van der Waals surface area contributed by atoms with Gasteiger partial charge in [-0.2, -0.15) is 10.1 Å². The van der Waals surface area contributed by atoms with E-state index in [1.807, 2.05) is 6.92 Å². The predicted octanol–water partition coefficient (Wildman–Crippen LogP) is 2.35. The second kappa shape index (κ2) is 8.03. The Hall–Kier alpha value is -4.40. The molecule has 9 heteroatoms. The molecule has 0 aliphatic carbocycles. The SMILES string of the molecule is COc1ccc(N2N=C(C)/C(=C/c3c(O)n(-c4ccc(C)cc4)c(=O)[nH]c3=O)C2=O)cc1.